The normalized spacial score (nSPS) is 11.8. The summed E-state index contributed by atoms with van der Waals surface area (Å²) in [5.41, 5.74) is 9.20. The smallest absolute Gasteiger partial charge is 0.216 e. The second kappa shape index (κ2) is 6.76. The zero-order chi connectivity index (χ0) is 22.0. The van der Waals surface area contributed by atoms with Gasteiger partial charge >= 0.3 is 0 Å². The van der Waals surface area contributed by atoms with Gasteiger partial charge < -0.3 is 8.98 Å². The van der Waals surface area contributed by atoms with Gasteiger partial charge in [-0.1, -0.05) is 12.1 Å². The number of rotatable bonds is 2. The lowest BCUT2D eigenvalue weighted by Gasteiger charge is -2.12. The summed E-state index contributed by atoms with van der Waals surface area (Å²) in [5.74, 6) is 0.944. The van der Waals surface area contributed by atoms with Crippen LogP contribution >= 0.6 is 0 Å². The fourth-order valence-electron chi connectivity index (χ4n) is 4.71. The molecule has 0 radical (unpaired) electrons. The highest BCUT2D eigenvalue weighted by Gasteiger charge is 2.25. The molecule has 0 N–H and O–H groups in total. The molecule has 0 aliphatic heterocycles. The van der Waals surface area contributed by atoms with Crippen LogP contribution in [-0.4, -0.2) is 14.5 Å². The summed E-state index contributed by atoms with van der Waals surface area (Å²) in [6.07, 6.45) is 3.98. The molecular formula is C27H23N4O+. The highest BCUT2D eigenvalue weighted by Crippen LogP contribution is 2.41. The van der Waals surface area contributed by atoms with Crippen molar-refractivity contribution >= 4 is 33.0 Å². The molecule has 0 fully saturated rings. The first-order valence-corrected chi connectivity index (χ1v) is 10.7. The minimum Gasteiger partial charge on any atom is -0.455 e. The van der Waals surface area contributed by atoms with E-state index in [0.29, 0.717) is 0 Å². The van der Waals surface area contributed by atoms with Gasteiger partial charge in [0.2, 0.25) is 5.69 Å². The Morgan fingerprint density at radius 3 is 2.59 bits per heavy atom. The quantitative estimate of drug-likeness (QED) is 0.341. The van der Waals surface area contributed by atoms with Crippen LogP contribution < -0.4 is 4.57 Å². The maximum atomic E-state index is 6.45. The Hall–Kier alpha value is -3.99. The van der Waals surface area contributed by atoms with Crippen LogP contribution in [0.1, 0.15) is 11.3 Å². The molecule has 4 aromatic heterocycles. The summed E-state index contributed by atoms with van der Waals surface area (Å²) in [7, 11) is 4.14. The summed E-state index contributed by atoms with van der Waals surface area (Å²) in [5, 5.41) is 2.07. The Labute approximate surface area is 185 Å². The summed E-state index contributed by atoms with van der Waals surface area (Å²) >= 11 is 0. The Morgan fingerprint density at radius 1 is 0.969 bits per heavy atom. The average Bonchev–Trinajstić information content (AvgIpc) is 3.31. The van der Waals surface area contributed by atoms with Crippen LogP contribution in [0, 0.1) is 13.8 Å². The van der Waals surface area contributed by atoms with Gasteiger partial charge in [0.25, 0.3) is 0 Å². The molecule has 0 aliphatic carbocycles. The van der Waals surface area contributed by atoms with E-state index in [1.807, 2.05) is 31.3 Å². The van der Waals surface area contributed by atoms with Crippen molar-refractivity contribution in [2.75, 3.05) is 0 Å². The molecule has 0 unspecified atom stereocenters. The molecule has 2 aromatic carbocycles. The Kier molecular flexibility index (Phi) is 3.96. The number of nitrogens with zero attached hydrogens (tertiary/aromatic N) is 4. The van der Waals surface area contributed by atoms with Crippen molar-refractivity contribution in [3.05, 3.63) is 78.2 Å². The van der Waals surface area contributed by atoms with Crippen LogP contribution in [-0.2, 0) is 14.1 Å². The van der Waals surface area contributed by atoms with E-state index in [9.17, 15) is 0 Å². The molecular weight excluding hydrogens is 396 g/mol. The van der Waals surface area contributed by atoms with Gasteiger partial charge in [-0.05, 0) is 43.7 Å². The molecule has 5 heteroatoms. The highest BCUT2D eigenvalue weighted by atomic mass is 16.3. The van der Waals surface area contributed by atoms with Crippen molar-refractivity contribution in [1.29, 1.82) is 0 Å². The van der Waals surface area contributed by atoms with Gasteiger partial charge in [-0.2, -0.15) is 0 Å². The van der Waals surface area contributed by atoms with E-state index in [-0.39, 0.29) is 0 Å². The minimum atomic E-state index is 0.855. The Morgan fingerprint density at radius 2 is 1.78 bits per heavy atom. The maximum Gasteiger partial charge on any atom is 0.216 e. The van der Waals surface area contributed by atoms with Crippen molar-refractivity contribution < 1.29 is 8.98 Å². The molecule has 0 spiro atoms. The standard InChI is InChI=1S/C27H23N4O/c1-16-13-24-20(15-28-16)19-14-18(27-29-21-9-5-6-10-22(21)31(27)4)17(2)25(26(19)32-24)23-11-7-8-12-30(23)3/h5-15H,1-4H3/q+1. The number of aromatic nitrogens is 4. The number of pyridine rings is 2. The molecule has 32 heavy (non-hydrogen) atoms. The number of fused-ring (bicyclic) bond motifs is 4. The van der Waals surface area contributed by atoms with Gasteiger partial charge in [0.1, 0.15) is 24.0 Å². The Bertz CT molecular complexity index is 1670. The zero-order valence-corrected chi connectivity index (χ0v) is 18.5. The lowest BCUT2D eigenvalue weighted by atomic mass is 9.95. The van der Waals surface area contributed by atoms with Crippen LogP contribution in [0.4, 0.5) is 0 Å². The average molecular weight is 420 g/mol. The molecule has 0 amide bonds. The molecule has 6 rings (SSSR count). The van der Waals surface area contributed by atoms with Crippen molar-refractivity contribution in [2.24, 2.45) is 14.1 Å². The number of aryl methyl sites for hydroxylation is 3. The summed E-state index contributed by atoms with van der Waals surface area (Å²) < 4.78 is 10.8. The number of para-hydroxylation sites is 2. The van der Waals surface area contributed by atoms with Crippen molar-refractivity contribution in [3.8, 4) is 22.6 Å². The maximum absolute atomic E-state index is 6.45. The second-order valence-corrected chi connectivity index (χ2v) is 8.40. The van der Waals surface area contributed by atoms with E-state index in [0.717, 1.165) is 66.9 Å². The van der Waals surface area contributed by atoms with E-state index in [2.05, 4.69) is 77.7 Å². The summed E-state index contributed by atoms with van der Waals surface area (Å²) in [6, 6.07) is 18.7. The van der Waals surface area contributed by atoms with Gasteiger partial charge in [0.15, 0.2) is 6.20 Å². The predicted octanol–water partition coefficient (Wildman–Crippen LogP) is 5.64. The molecule has 5 nitrogen and oxygen atoms in total. The van der Waals surface area contributed by atoms with E-state index < -0.39 is 0 Å². The number of hydrogen-bond acceptors (Lipinski definition) is 3. The third-order valence-corrected chi connectivity index (χ3v) is 6.38. The van der Waals surface area contributed by atoms with Crippen LogP contribution in [0.3, 0.4) is 0 Å². The molecule has 156 valence electrons. The van der Waals surface area contributed by atoms with Crippen molar-refractivity contribution in [2.45, 2.75) is 13.8 Å². The zero-order valence-electron chi connectivity index (χ0n) is 18.5. The number of imidazole rings is 1. The van der Waals surface area contributed by atoms with Gasteiger partial charge in [-0.3, -0.25) is 4.98 Å². The predicted molar refractivity (Wildman–Crippen MR) is 127 cm³/mol. The van der Waals surface area contributed by atoms with Crippen LogP contribution in [0.15, 0.2) is 71.4 Å². The summed E-state index contributed by atoms with van der Waals surface area (Å²) in [4.78, 5) is 9.54. The first-order valence-electron chi connectivity index (χ1n) is 10.7. The summed E-state index contributed by atoms with van der Waals surface area (Å²) in [6.45, 7) is 4.15. The molecule has 4 heterocycles. The van der Waals surface area contributed by atoms with E-state index in [1.165, 1.54) is 0 Å². The third kappa shape index (κ3) is 2.61. The number of benzene rings is 2. The SMILES string of the molecule is Cc1cc2oc3c(-c4cccc[n+]4C)c(C)c(-c4nc5ccccc5n4C)cc3c2cn1. The van der Waals surface area contributed by atoms with E-state index in [4.69, 9.17) is 9.40 Å². The van der Waals surface area contributed by atoms with Gasteiger partial charge in [0.05, 0.1) is 16.6 Å². The molecule has 0 saturated heterocycles. The minimum absolute atomic E-state index is 0.855. The number of hydrogen-bond donors (Lipinski definition) is 0. The second-order valence-electron chi connectivity index (χ2n) is 8.40. The van der Waals surface area contributed by atoms with Crippen molar-refractivity contribution in [1.82, 2.24) is 14.5 Å². The largest absolute Gasteiger partial charge is 0.455 e. The Balaban J connectivity index is 1.79. The van der Waals surface area contributed by atoms with Crippen LogP contribution in [0.2, 0.25) is 0 Å². The topological polar surface area (TPSA) is 47.7 Å². The van der Waals surface area contributed by atoms with E-state index in [1.54, 1.807) is 0 Å². The van der Waals surface area contributed by atoms with Gasteiger partial charge in [-0.15, -0.1) is 0 Å². The van der Waals surface area contributed by atoms with Gasteiger partial charge in [0, 0.05) is 53.5 Å². The molecule has 6 aromatic rings. The highest BCUT2D eigenvalue weighted by molar-refractivity contribution is 6.11. The molecule has 0 saturated carbocycles. The van der Waals surface area contributed by atoms with Gasteiger partial charge in [-0.25, -0.2) is 9.55 Å². The lowest BCUT2D eigenvalue weighted by molar-refractivity contribution is -0.660. The lowest BCUT2D eigenvalue weighted by Crippen LogP contribution is -2.30. The number of furan rings is 1. The molecule has 0 bridgehead atoms. The first-order chi connectivity index (χ1) is 15.5. The van der Waals surface area contributed by atoms with Crippen molar-refractivity contribution in [3.63, 3.8) is 0 Å². The monoisotopic (exact) mass is 419 g/mol. The first kappa shape index (κ1) is 18.8. The molecule has 0 aliphatic rings. The third-order valence-electron chi connectivity index (χ3n) is 6.38. The fourth-order valence-corrected chi connectivity index (χ4v) is 4.71. The van der Waals surface area contributed by atoms with Crippen LogP contribution in [0.25, 0.3) is 55.6 Å². The van der Waals surface area contributed by atoms with E-state index >= 15 is 0 Å². The molecule has 0 atom stereocenters. The van der Waals surface area contributed by atoms with Crippen LogP contribution in [0.5, 0.6) is 0 Å². The fraction of sp³-hybridized carbons (Fsp3) is 0.148.